The topological polar surface area (TPSA) is 66.8 Å². The van der Waals surface area contributed by atoms with Gasteiger partial charge in [0.05, 0.1) is 12.0 Å². The van der Waals surface area contributed by atoms with Gasteiger partial charge in [0.15, 0.2) is 0 Å². The normalized spacial score (nSPS) is 33.8. The molecule has 0 aromatic rings. The van der Waals surface area contributed by atoms with Gasteiger partial charge in [-0.05, 0) is 33.1 Å². The van der Waals surface area contributed by atoms with Gasteiger partial charge in [-0.1, -0.05) is 0 Å². The molecule has 2 aliphatic rings. The molecule has 0 aromatic heterocycles. The van der Waals surface area contributed by atoms with Crippen LogP contribution in [0.15, 0.2) is 0 Å². The minimum atomic E-state index is -0.762. The van der Waals surface area contributed by atoms with Crippen molar-refractivity contribution in [2.45, 2.75) is 51.3 Å². The second-order valence-electron chi connectivity index (χ2n) is 4.84. The molecule has 90 valence electrons. The van der Waals surface area contributed by atoms with Crippen LogP contribution in [-0.2, 0) is 9.53 Å². The molecule has 1 saturated heterocycles. The van der Waals surface area contributed by atoms with Crippen LogP contribution in [0.3, 0.4) is 0 Å². The molecule has 2 fully saturated rings. The van der Waals surface area contributed by atoms with Gasteiger partial charge in [-0.2, -0.15) is 0 Å². The lowest BCUT2D eigenvalue weighted by molar-refractivity contribution is -0.143. The predicted octanol–water partition coefficient (Wildman–Crippen LogP) is 1.47. The molecule has 2 rings (SSSR count). The van der Waals surface area contributed by atoms with Crippen LogP contribution in [0.25, 0.3) is 0 Å². The molecule has 0 spiro atoms. The maximum Gasteiger partial charge on any atom is 0.410 e. The van der Waals surface area contributed by atoms with Crippen molar-refractivity contribution in [3.05, 3.63) is 0 Å². The fourth-order valence-corrected chi connectivity index (χ4v) is 2.69. The molecular formula is C11H17NO4. The van der Waals surface area contributed by atoms with Crippen LogP contribution in [0.2, 0.25) is 0 Å². The molecule has 1 saturated carbocycles. The van der Waals surface area contributed by atoms with Gasteiger partial charge in [0.2, 0.25) is 0 Å². The van der Waals surface area contributed by atoms with Gasteiger partial charge in [0, 0.05) is 6.04 Å². The number of nitrogens with zero attached hydrogens (tertiary/aromatic N) is 1. The first-order chi connectivity index (χ1) is 7.50. The van der Waals surface area contributed by atoms with E-state index in [0.29, 0.717) is 19.3 Å². The van der Waals surface area contributed by atoms with Crippen LogP contribution in [0, 0.1) is 5.92 Å². The van der Waals surface area contributed by atoms with E-state index in [1.165, 1.54) is 0 Å². The van der Waals surface area contributed by atoms with Gasteiger partial charge < -0.3 is 9.84 Å². The minimum absolute atomic E-state index is 0.0534. The van der Waals surface area contributed by atoms with Crippen molar-refractivity contribution in [1.29, 1.82) is 0 Å². The highest BCUT2D eigenvalue weighted by atomic mass is 16.6. The summed E-state index contributed by atoms with van der Waals surface area (Å²) in [4.78, 5) is 24.3. The number of fused-ring (bicyclic) bond motifs is 1. The number of carboxylic acid groups (broad SMARTS) is 1. The van der Waals surface area contributed by atoms with Crippen molar-refractivity contribution in [2.24, 2.45) is 5.92 Å². The van der Waals surface area contributed by atoms with Crippen LogP contribution in [0.4, 0.5) is 4.79 Å². The molecule has 16 heavy (non-hydrogen) atoms. The van der Waals surface area contributed by atoms with Crippen molar-refractivity contribution in [3.8, 4) is 0 Å². The second kappa shape index (κ2) is 3.96. The lowest BCUT2D eigenvalue weighted by atomic mass is 9.83. The number of rotatable bonds is 2. The largest absolute Gasteiger partial charge is 0.481 e. The molecule has 5 heteroatoms. The van der Waals surface area contributed by atoms with Crippen molar-refractivity contribution in [1.82, 2.24) is 4.90 Å². The molecule has 3 unspecified atom stereocenters. The number of carbonyl (C=O) groups excluding carboxylic acids is 1. The van der Waals surface area contributed by atoms with Crippen LogP contribution >= 0.6 is 0 Å². The van der Waals surface area contributed by atoms with Gasteiger partial charge >= 0.3 is 12.1 Å². The fraction of sp³-hybridized carbons (Fsp3) is 0.818. The van der Waals surface area contributed by atoms with E-state index in [-0.39, 0.29) is 30.2 Å². The number of carboxylic acids is 1. The third kappa shape index (κ3) is 1.74. The number of aliphatic carboxylic acids is 1. The summed E-state index contributed by atoms with van der Waals surface area (Å²) in [5, 5.41) is 9.00. The molecule has 3 atom stereocenters. The van der Waals surface area contributed by atoms with E-state index in [1.807, 2.05) is 13.8 Å². The van der Waals surface area contributed by atoms with E-state index in [9.17, 15) is 9.59 Å². The summed E-state index contributed by atoms with van der Waals surface area (Å²) in [5.41, 5.74) is 0. The van der Waals surface area contributed by atoms with Gasteiger partial charge in [-0.15, -0.1) is 0 Å². The van der Waals surface area contributed by atoms with E-state index in [1.54, 1.807) is 4.90 Å². The summed E-state index contributed by atoms with van der Waals surface area (Å²) in [5.74, 6) is -1.10. The van der Waals surface area contributed by atoms with E-state index >= 15 is 0 Å². The molecule has 1 heterocycles. The molecule has 1 aliphatic carbocycles. The number of hydrogen-bond donors (Lipinski definition) is 1. The Bertz CT molecular complexity index is 315. The minimum Gasteiger partial charge on any atom is -0.481 e. The summed E-state index contributed by atoms with van der Waals surface area (Å²) in [6, 6.07) is 0.0115. The van der Waals surface area contributed by atoms with Gasteiger partial charge in [0.1, 0.15) is 6.10 Å². The lowest BCUT2D eigenvalue weighted by Crippen LogP contribution is -2.45. The standard InChI is InChI=1S/C11H17NO4/c1-6(2)12-8-5-7(10(13)14)3-4-9(8)16-11(12)15/h6-9H,3-5H2,1-2H3,(H,13,14). The second-order valence-corrected chi connectivity index (χ2v) is 4.84. The maximum atomic E-state index is 11.6. The quantitative estimate of drug-likeness (QED) is 0.775. The average Bonchev–Trinajstić information content (AvgIpc) is 2.51. The molecule has 5 nitrogen and oxygen atoms in total. The number of hydrogen-bond acceptors (Lipinski definition) is 3. The molecular weight excluding hydrogens is 210 g/mol. The van der Waals surface area contributed by atoms with E-state index in [2.05, 4.69) is 0 Å². The first kappa shape index (κ1) is 11.2. The number of carbonyl (C=O) groups is 2. The van der Waals surface area contributed by atoms with Crippen LogP contribution < -0.4 is 0 Å². The smallest absolute Gasteiger partial charge is 0.410 e. The zero-order chi connectivity index (χ0) is 11.9. The fourth-order valence-electron chi connectivity index (χ4n) is 2.69. The first-order valence-electron chi connectivity index (χ1n) is 5.72. The maximum absolute atomic E-state index is 11.6. The van der Waals surface area contributed by atoms with Crippen molar-refractivity contribution in [3.63, 3.8) is 0 Å². The van der Waals surface area contributed by atoms with Crippen molar-refractivity contribution >= 4 is 12.1 Å². The Morgan fingerprint density at radius 3 is 2.75 bits per heavy atom. The van der Waals surface area contributed by atoms with Gasteiger partial charge in [-0.25, -0.2) is 4.79 Å². The molecule has 0 aromatic carbocycles. The highest BCUT2D eigenvalue weighted by Crippen LogP contribution is 2.36. The van der Waals surface area contributed by atoms with E-state index in [4.69, 9.17) is 9.84 Å². The zero-order valence-corrected chi connectivity index (χ0v) is 9.55. The summed E-state index contributed by atoms with van der Waals surface area (Å²) in [6.07, 6.45) is 1.39. The molecule has 1 aliphatic heterocycles. The lowest BCUT2D eigenvalue weighted by Gasteiger charge is -2.33. The van der Waals surface area contributed by atoms with Crippen LogP contribution in [0.1, 0.15) is 33.1 Å². The molecule has 0 bridgehead atoms. The Morgan fingerprint density at radius 2 is 2.19 bits per heavy atom. The summed E-state index contributed by atoms with van der Waals surface area (Å²) in [6.45, 7) is 3.85. The zero-order valence-electron chi connectivity index (χ0n) is 9.55. The third-order valence-electron chi connectivity index (χ3n) is 3.48. The highest BCUT2D eigenvalue weighted by molar-refractivity contribution is 5.73. The summed E-state index contributed by atoms with van der Waals surface area (Å²) < 4.78 is 5.26. The van der Waals surface area contributed by atoms with Crippen LogP contribution in [0.5, 0.6) is 0 Å². The highest BCUT2D eigenvalue weighted by Gasteiger charge is 2.47. The average molecular weight is 227 g/mol. The van der Waals surface area contributed by atoms with E-state index in [0.717, 1.165) is 0 Å². The Labute approximate surface area is 94.4 Å². The van der Waals surface area contributed by atoms with Gasteiger partial charge in [0.25, 0.3) is 0 Å². The molecule has 1 N–H and O–H groups in total. The SMILES string of the molecule is CC(C)N1C(=O)OC2CCC(C(=O)O)CC21. The monoisotopic (exact) mass is 227 g/mol. The van der Waals surface area contributed by atoms with Gasteiger partial charge in [-0.3, -0.25) is 9.69 Å². The Hall–Kier alpha value is -1.26. The summed E-state index contributed by atoms with van der Waals surface area (Å²) in [7, 11) is 0. The number of ether oxygens (including phenoxy) is 1. The predicted molar refractivity (Wildman–Crippen MR) is 56.0 cm³/mol. The molecule has 0 radical (unpaired) electrons. The van der Waals surface area contributed by atoms with Crippen LogP contribution in [-0.4, -0.2) is 40.3 Å². The van der Waals surface area contributed by atoms with E-state index < -0.39 is 5.97 Å². The van der Waals surface area contributed by atoms with Crippen molar-refractivity contribution < 1.29 is 19.4 Å². The number of amides is 1. The molecule has 1 amide bonds. The van der Waals surface area contributed by atoms with Crippen molar-refractivity contribution in [2.75, 3.05) is 0 Å². The Balaban J connectivity index is 2.13. The summed E-state index contributed by atoms with van der Waals surface area (Å²) >= 11 is 0. The Kier molecular flexibility index (Phi) is 2.78. The Morgan fingerprint density at radius 1 is 1.50 bits per heavy atom. The first-order valence-corrected chi connectivity index (χ1v) is 5.72. The third-order valence-corrected chi connectivity index (χ3v) is 3.48.